The summed E-state index contributed by atoms with van der Waals surface area (Å²) < 4.78 is 11.4. The number of anilines is 1. The van der Waals surface area contributed by atoms with E-state index in [4.69, 9.17) is 9.47 Å². The summed E-state index contributed by atoms with van der Waals surface area (Å²) in [5, 5.41) is 4.88. The molecule has 1 aromatic carbocycles. The number of urea groups is 1. The predicted molar refractivity (Wildman–Crippen MR) is 96.5 cm³/mol. The number of methoxy groups -OCH3 is 2. The Bertz CT molecular complexity index is 973. The number of carbonyl (C=O) groups excluding carboxylic acids is 1. The van der Waals surface area contributed by atoms with E-state index in [0.717, 1.165) is 4.68 Å². The summed E-state index contributed by atoms with van der Waals surface area (Å²) in [4.78, 5) is 29.7. The van der Waals surface area contributed by atoms with Gasteiger partial charge in [-0.15, -0.1) is 11.3 Å². The van der Waals surface area contributed by atoms with E-state index in [0.29, 0.717) is 33.2 Å². The van der Waals surface area contributed by atoms with E-state index in [1.807, 2.05) is 0 Å². The Kier molecular flexibility index (Phi) is 4.57. The molecule has 130 valence electrons. The molecule has 0 bridgehead atoms. The van der Waals surface area contributed by atoms with Gasteiger partial charge in [-0.2, -0.15) is 0 Å². The van der Waals surface area contributed by atoms with Crippen LogP contribution in [0.25, 0.3) is 10.2 Å². The topological polar surface area (TPSA) is 94.5 Å². The van der Waals surface area contributed by atoms with E-state index in [1.54, 1.807) is 36.6 Å². The fourth-order valence-electron chi connectivity index (χ4n) is 2.29. The number of ether oxygens (including phenoxy) is 2. The number of aromatic nitrogens is 2. The van der Waals surface area contributed by atoms with Gasteiger partial charge < -0.3 is 14.8 Å². The molecule has 3 aromatic rings. The molecular formula is C16H16N4O4S. The first-order valence-electron chi connectivity index (χ1n) is 7.29. The summed E-state index contributed by atoms with van der Waals surface area (Å²) in [6.45, 7) is 1.65. The Labute approximate surface area is 147 Å². The van der Waals surface area contributed by atoms with Crippen molar-refractivity contribution in [2.45, 2.75) is 6.92 Å². The number of thiophene rings is 1. The summed E-state index contributed by atoms with van der Waals surface area (Å²) in [5.74, 6) is 1.45. The number of nitrogens with zero attached hydrogens (tertiary/aromatic N) is 2. The van der Waals surface area contributed by atoms with Crippen molar-refractivity contribution in [2.75, 3.05) is 25.0 Å². The molecule has 2 amide bonds. The predicted octanol–water partition coefficient (Wildman–Crippen LogP) is 2.56. The second-order valence-corrected chi connectivity index (χ2v) is 6.00. The van der Waals surface area contributed by atoms with Gasteiger partial charge in [0, 0.05) is 23.9 Å². The third kappa shape index (κ3) is 3.41. The summed E-state index contributed by atoms with van der Waals surface area (Å²) in [5.41, 5.74) is 2.63. The Morgan fingerprint density at radius 1 is 1.20 bits per heavy atom. The number of amides is 2. The minimum Gasteiger partial charge on any atom is -0.497 e. The first-order chi connectivity index (χ1) is 12.0. The third-order valence-corrected chi connectivity index (χ3v) is 4.29. The largest absolute Gasteiger partial charge is 0.497 e. The molecule has 0 spiro atoms. The number of aryl methyl sites for hydroxylation is 1. The molecule has 0 fully saturated rings. The molecule has 0 saturated heterocycles. The molecule has 0 atom stereocenters. The van der Waals surface area contributed by atoms with Crippen molar-refractivity contribution in [2.24, 2.45) is 0 Å². The molecule has 0 unspecified atom stereocenters. The fourth-order valence-corrected chi connectivity index (χ4v) is 3.09. The molecule has 2 heterocycles. The van der Waals surface area contributed by atoms with Crippen molar-refractivity contribution in [3.63, 3.8) is 0 Å². The molecule has 8 nitrogen and oxygen atoms in total. The number of hydrogen-bond acceptors (Lipinski definition) is 6. The second-order valence-electron chi connectivity index (χ2n) is 5.11. The van der Waals surface area contributed by atoms with Crippen LogP contribution in [0.1, 0.15) is 5.82 Å². The zero-order chi connectivity index (χ0) is 18.0. The summed E-state index contributed by atoms with van der Waals surface area (Å²) in [6, 6.07) is 6.05. The number of hydrogen-bond donors (Lipinski definition) is 2. The Hall–Kier alpha value is -3.07. The maximum atomic E-state index is 12.4. The molecule has 0 radical (unpaired) electrons. The van der Waals surface area contributed by atoms with Crippen molar-refractivity contribution in [3.8, 4) is 11.5 Å². The lowest BCUT2D eigenvalue weighted by molar-refractivity contribution is 0.259. The maximum absolute atomic E-state index is 12.4. The van der Waals surface area contributed by atoms with Crippen LogP contribution in [0.2, 0.25) is 0 Å². The standard InChI is InChI=1S/C16H16N4O4S/c1-9-17-14-13(4-5-25-14)15(21)20(9)19-16(22)18-10-6-11(23-2)8-12(7-10)24-3/h4-8H,1-3H3,(H2,18,19,22). The van der Waals surface area contributed by atoms with Crippen molar-refractivity contribution < 1.29 is 14.3 Å². The molecule has 0 aliphatic heterocycles. The summed E-state index contributed by atoms with van der Waals surface area (Å²) in [6.07, 6.45) is 0. The third-order valence-electron chi connectivity index (χ3n) is 3.49. The van der Waals surface area contributed by atoms with Gasteiger partial charge in [-0.05, 0) is 18.4 Å². The van der Waals surface area contributed by atoms with Crippen LogP contribution < -0.4 is 25.8 Å². The molecule has 2 N–H and O–H groups in total. The van der Waals surface area contributed by atoms with Gasteiger partial charge in [-0.3, -0.25) is 4.79 Å². The maximum Gasteiger partial charge on any atom is 0.338 e. The number of fused-ring (bicyclic) bond motifs is 1. The van der Waals surface area contributed by atoms with Crippen LogP contribution in [0.15, 0.2) is 34.4 Å². The SMILES string of the molecule is COc1cc(NC(=O)Nn2c(C)nc3sccc3c2=O)cc(OC)c1. The minimum atomic E-state index is -0.586. The van der Waals surface area contributed by atoms with Gasteiger partial charge in [0.05, 0.1) is 19.6 Å². The van der Waals surface area contributed by atoms with E-state index in [-0.39, 0.29) is 5.56 Å². The van der Waals surface area contributed by atoms with E-state index in [1.165, 1.54) is 25.6 Å². The molecule has 9 heteroatoms. The van der Waals surface area contributed by atoms with Crippen LogP contribution in [-0.2, 0) is 0 Å². The highest BCUT2D eigenvalue weighted by atomic mass is 32.1. The zero-order valence-electron chi connectivity index (χ0n) is 13.8. The summed E-state index contributed by atoms with van der Waals surface area (Å²) >= 11 is 1.37. The zero-order valence-corrected chi connectivity index (χ0v) is 14.6. The van der Waals surface area contributed by atoms with Gasteiger partial charge in [0.15, 0.2) is 0 Å². The van der Waals surface area contributed by atoms with E-state index < -0.39 is 6.03 Å². The first-order valence-corrected chi connectivity index (χ1v) is 8.17. The molecule has 2 aromatic heterocycles. The van der Waals surface area contributed by atoms with Gasteiger partial charge in [0.1, 0.15) is 22.2 Å². The lowest BCUT2D eigenvalue weighted by Crippen LogP contribution is -2.37. The van der Waals surface area contributed by atoms with Crippen molar-refractivity contribution in [3.05, 3.63) is 45.8 Å². The molecule has 0 aliphatic rings. The van der Waals surface area contributed by atoms with Gasteiger partial charge in [-0.25, -0.2) is 19.9 Å². The lowest BCUT2D eigenvalue weighted by Gasteiger charge is -2.13. The highest BCUT2D eigenvalue weighted by Gasteiger charge is 2.12. The average molecular weight is 360 g/mol. The van der Waals surface area contributed by atoms with Gasteiger partial charge in [0.2, 0.25) is 0 Å². The first kappa shape index (κ1) is 16.8. The molecule has 25 heavy (non-hydrogen) atoms. The lowest BCUT2D eigenvalue weighted by atomic mass is 10.3. The number of nitrogens with one attached hydrogen (secondary N) is 2. The van der Waals surface area contributed by atoms with Crippen LogP contribution in [0, 0.1) is 6.92 Å². The highest BCUT2D eigenvalue weighted by Crippen LogP contribution is 2.25. The molecular weight excluding hydrogens is 344 g/mol. The second kappa shape index (κ2) is 6.81. The smallest absolute Gasteiger partial charge is 0.338 e. The fraction of sp³-hybridized carbons (Fsp3) is 0.188. The Morgan fingerprint density at radius 2 is 1.88 bits per heavy atom. The number of rotatable bonds is 4. The normalized spacial score (nSPS) is 10.5. The van der Waals surface area contributed by atoms with Crippen LogP contribution >= 0.6 is 11.3 Å². The van der Waals surface area contributed by atoms with Gasteiger partial charge in [0.25, 0.3) is 5.56 Å². The van der Waals surface area contributed by atoms with E-state index in [9.17, 15) is 9.59 Å². The van der Waals surface area contributed by atoms with Crippen molar-refractivity contribution in [1.29, 1.82) is 0 Å². The van der Waals surface area contributed by atoms with Crippen LogP contribution in [0.4, 0.5) is 10.5 Å². The van der Waals surface area contributed by atoms with Gasteiger partial charge in [-0.1, -0.05) is 0 Å². The minimum absolute atomic E-state index is 0.331. The van der Waals surface area contributed by atoms with Crippen LogP contribution in [0.3, 0.4) is 0 Å². The van der Waals surface area contributed by atoms with E-state index in [2.05, 4.69) is 15.7 Å². The Balaban J connectivity index is 1.85. The highest BCUT2D eigenvalue weighted by molar-refractivity contribution is 7.16. The quantitative estimate of drug-likeness (QED) is 0.746. The molecule has 0 aliphatic carbocycles. The monoisotopic (exact) mass is 360 g/mol. The van der Waals surface area contributed by atoms with Crippen LogP contribution in [-0.4, -0.2) is 29.9 Å². The number of carbonyl (C=O) groups is 1. The van der Waals surface area contributed by atoms with Crippen LogP contribution in [0.5, 0.6) is 11.5 Å². The van der Waals surface area contributed by atoms with Crippen molar-refractivity contribution >= 4 is 33.3 Å². The van der Waals surface area contributed by atoms with Gasteiger partial charge >= 0.3 is 6.03 Å². The van der Waals surface area contributed by atoms with Crippen molar-refractivity contribution in [1.82, 2.24) is 9.66 Å². The molecule has 3 rings (SSSR count). The average Bonchev–Trinajstić information content (AvgIpc) is 3.06. The molecule has 0 saturated carbocycles. The summed E-state index contributed by atoms with van der Waals surface area (Å²) in [7, 11) is 3.03. The number of benzene rings is 1. The Morgan fingerprint density at radius 3 is 2.52 bits per heavy atom. The van der Waals surface area contributed by atoms with E-state index >= 15 is 0 Å².